The van der Waals surface area contributed by atoms with E-state index in [9.17, 15) is 0 Å². The quantitative estimate of drug-likeness (QED) is 0.685. The topological polar surface area (TPSA) is 30.9 Å². The Morgan fingerprint density at radius 2 is 1.87 bits per heavy atom. The highest BCUT2D eigenvalue weighted by Crippen LogP contribution is 2.47. The van der Waals surface area contributed by atoms with Gasteiger partial charge in [0.15, 0.2) is 5.96 Å². The molecule has 1 aromatic carbocycles. The number of benzene rings is 1. The van der Waals surface area contributed by atoms with Gasteiger partial charge in [-0.05, 0) is 49.9 Å². The Morgan fingerprint density at radius 3 is 2.39 bits per heavy atom. The molecule has 1 aliphatic heterocycles. The van der Waals surface area contributed by atoms with Crippen molar-refractivity contribution < 1.29 is 0 Å². The summed E-state index contributed by atoms with van der Waals surface area (Å²) in [6.45, 7) is 4.18. The summed E-state index contributed by atoms with van der Waals surface area (Å²) in [5.74, 6) is 1.06. The van der Waals surface area contributed by atoms with Gasteiger partial charge in [-0.1, -0.05) is 30.7 Å². The molecule has 0 unspecified atom stereocenters. The highest BCUT2D eigenvalue weighted by molar-refractivity contribution is 5.80. The van der Waals surface area contributed by atoms with Gasteiger partial charge in [-0.15, -0.1) is 0 Å². The molecule has 1 aliphatic carbocycles. The summed E-state index contributed by atoms with van der Waals surface area (Å²) in [5.41, 5.74) is 3.28. The Balaban J connectivity index is 1.52. The first-order valence-electron chi connectivity index (χ1n) is 8.78. The van der Waals surface area contributed by atoms with Crippen LogP contribution in [0.15, 0.2) is 29.3 Å². The number of hydrogen-bond acceptors (Lipinski definition) is 2. The molecule has 2 fully saturated rings. The van der Waals surface area contributed by atoms with E-state index in [0.29, 0.717) is 5.41 Å². The molecule has 3 rings (SSSR count). The molecule has 0 radical (unpaired) electrons. The first-order chi connectivity index (χ1) is 11.1. The van der Waals surface area contributed by atoms with Crippen molar-refractivity contribution in [1.29, 1.82) is 0 Å². The van der Waals surface area contributed by atoms with Crippen LogP contribution in [0.2, 0.25) is 0 Å². The van der Waals surface area contributed by atoms with E-state index >= 15 is 0 Å². The van der Waals surface area contributed by atoms with E-state index in [2.05, 4.69) is 58.5 Å². The molecular weight excluding hydrogens is 284 g/mol. The van der Waals surface area contributed by atoms with Gasteiger partial charge in [0, 0.05) is 33.2 Å². The van der Waals surface area contributed by atoms with Gasteiger partial charge >= 0.3 is 0 Å². The monoisotopic (exact) mass is 314 g/mol. The Labute approximate surface area is 140 Å². The van der Waals surface area contributed by atoms with Crippen LogP contribution in [0, 0.1) is 5.41 Å². The van der Waals surface area contributed by atoms with E-state index in [0.717, 1.165) is 25.6 Å². The van der Waals surface area contributed by atoms with Gasteiger partial charge < -0.3 is 15.1 Å². The standard InChI is InChI=1S/C19H30N4/c1-20-18(23-12-11-19(15-23)9-4-10-19)21-13-16-5-7-17(8-6-16)14-22(2)3/h5-8H,4,9-15H2,1-3H3,(H,20,21). The van der Waals surface area contributed by atoms with Crippen molar-refractivity contribution in [1.82, 2.24) is 15.1 Å². The van der Waals surface area contributed by atoms with Crippen LogP contribution in [0.1, 0.15) is 36.8 Å². The molecule has 126 valence electrons. The van der Waals surface area contributed by atoms with Crippen molar-refractivity contribution in [2.24, 2.45) is 10.4 Å². The maximum absolute atomic E-state index is 4.49. The molecule has 4 nitrogen and oxygen atoms in total. The maximum Gasteiger partial charge on any atom is 0.193 e. The average Bonchev–Trinajstić information content (AvgIpc) is 2.95. The number of hydrogen-bond donors (Lipinski definition) is 1. The number of likely N-dealkylation sites (tertiary alicyclic amines) is 1. The predicted octanol–water partition coefficient (Wildman–Crippen LogP) is 2.70. The van der Waals surface area contributed by atoms with Crippen LogP contribution >= 0.6 is 0 Å². The summed E-state index contributed by atoms with van der Waals surface area (Å²) in [6, 6.07) is 8.88. The van der Waals surface area contributed by atoms with Crippen molar-refractivity contribution >= 4 is 5.96 Å². The molecule has 1 spiro atoms. The molecule has 1 N–H and O–H groups in total. The molecular formula is C19H30N4. The van der Waals surface area contributed by atoms with Crippen LogP contribution in [0.5, 0.6) is 0 Å². The van der Waals surface area contributed by atoms with Crippen molar-refractivity contribution in [3.8, 4) is 0 Å². The van der Waals surface area contributed by atoms with Gasteiger partial charge in [-0.3, -0.25) is 4.99 Å². The van der Waals surface area contributed by atoms with Gasteiger partial charge in [-0.2, -0.15) is 0 Å². The largest absolute Gasteiger partial charge is 0.352 e. The third kappa shape index (κ3) is 3.86. The zero-order valence-corrected chi connectivity index (χ0v) is 14.8. The van der Waals surface area contributed by atoms with Crippen LogP contribution in [0.3, 0.4) is 0 Å². The smallest absolute Gasteiger partial charge is 0.193 e. The third-order valence-electron chi connectivity index (χ3n) is 5.34. The lowest BCUT2D eigenvalue weighted by molar-refractivity contribution is 0.151. The Hall–Kier alpha value is -1.55. The number of nitrogens with one attached hydrogen (secondary N) is 1. The molecule has 1 saturated carbocycles. The summed E-state index contributed by atoms with van der Waals surface area (Å²) >= 11 is 0. The van der Waals surface area contributed by atoms with Crippen molar-refractivity contribution in [2.45, 2.75) is 38.8 Å². The average molecular weight is 314 g/mol. The summed E-state index contributed by atoms with van der Waals surface area (Å²) < 4.78 is 0. The molecule has 1 heterocycles. The second-order valence-electron chi connectivity index (χ2n) is 7.48. The fraction of sp³-hybridized carbons (Fsp3) is 0.632. The molecule has 4 heteroatoms. The second kappa shape index (κ2) is 6.91. The summed E-state index contributed by atoms with van der Waals surface area (Å²) in [5, 5.41) is 3.54. The second-order valence-corrected chi connectivity index (χ2v) is 7.48. The molecule has 0 atom stereocenters. The number of aliphatic imine (C=N–C) groups is 1. The molecule has 23 heavy (non-hydrogen) atoms. The first kappa shape index (κ1) is 16.3. The van der Waals surface area contributed by atoms with Crippen LogP contribution < -0.4 is 5.32 Å². The van der Waals surface area contributed by atoms with E-state index in [1.54, 1.807) is 0 Å². The number of nitrogens with zero attached hydrogens (tertiary/aromatic N) is 3. The Morgan fingerprint density at radius 1 is 1.17 bits per heavy atom. The SMILES string of the molecule is CN=C(NCc1ccc(CN(C)C)cc1)N1CCC2(CCC2)C1. The zero-order chi connectivity index (χ0) is 16.3. The Bertz CT molecular complexity index is 543. The van der Waals surface area contributed by atoms with E-state index in [1.807, 2.05) is 7.05 Å². The fourth-order valence-corrected chi connectivity index (χ4v) is 3.84. The van der Waals surface area contributed by atoms with Crippen molar-refractivity contribution in [2.75, 3.05) is 34.2 Å². The van der Waals surface area contributed by atoms with Crippen molar-refractivity contribution in [3.63, 3.8) is 0 Å². The summed E-state index contributed by atoms with van der Waals surface area (Å²) in [4.78, 5) is 9.13. The lowest BCUT2D eigenvalue weighted by Crippen LogP contribution is -2.42. The first-order valence-corrected chi connectivity index (χ1v) is 8.78. The minimum atomic E-state index is 0.617. The Kier molecular flexibility index (Phi) is 4.90. The minimum absolute atomic E-state index is 0.617. The van der Waals surface area contributed by atoms with Gasteiger partial charge in [0.2, 0.25) is 0 Å². The molecule has 0 amide bonds. The van der Waals surface area contributed by atoms with E-state index in [-0.39, 0.29) is 0 Å². The van der Waals surface area contributed by atoms with E-state index in [1.165, 1.54) is 43.4 Å². The van der Waals surface area contributed by atoms with Crippen LogP contribution in [-0.4, -0.2) is 50.0 Å². The van der Waals surface area contributed by atoms with E-state index < -0.39 is 0 Å². The molecule has 1 saturated heterocycles. The van der Waals surface area contributed by atoms with E-state index in [4.69, 9.17) is 0 Å². The van der Waals surface area contributed by atoms with Crippen LogP contribution in [-0.2, 0) is 13.1 Å². The highest BCUT2D eigenvalue weighted by Gasteiger charge is 2.43. The zero-order valence-electron chi connectivity index (χ0n) is 14.8. The normalized spacial score (nSPS) is 20.2. The molecule has 1 aromatic rings. The minimum Gasteiger partial charge on any atom is -0.352 e. The lowest BCUT2D eigenvalue weighted by Gasteiger charge is -2.38. The highest BCUT2D eigenvalue weighted by atomic mass is 15.3. The van der Waals surface area contributed by atoms with Crippen LogP contribution in [0.25, 0.3) is 0 Å². The third-order valence-corrected chi connectivity index (χ3v) is 5.34. The van der Waals surface area contributed by atoms with Crippen LogP contribution in [0.4, 0.5) is 0 Å². The fourth-order valence-electron chi connectivity index (χ4n) is 3.84. The number of guanidine groups is 1. The van der Waals surface area contributed by atoms with Crippen molar-refractivity contribution in [3.05, 3.63) is 35.4 Å². The summed E-state index contributed by atoms with van der Waals surface area (Å²) in [7, 11) is 6.10. The van der Waals surface area contributed by atoms with Gasteiger partial charge in [0.25, 0.3) is 0 Å². The lowest BCUT2D eigenvalue weighted by atomic mass is 9.68. The van der Waals surface area contributed by atoms with Gasteiger partial charge in [0.1, 0.15) is 0 Å². The van der Waals surface area contributed by atoms with Gasteiger partial charge in [0.05, 0.1) is 0 Å². The van der Waals surface area contributed by atoms with Gasteiger partial charge in [-0.25, -0.2) is 0 Å². The number of rotatable bonds is 4. The maximum atomic E-state index is 4.49. The summed E-state index contributed by atoms with van der Waals surface area (Å²) in [6.07, 6.45) is 5.58. The molecule has 0 aromatic heterocycles. The molecule has 0 bridgehead atoms. The predicted molar refractivity (Wildman–Crippen MR) is 96.5 cm³/mol. The molecule has 2 aliphatic rings.